The molecule has 0 spiro atoms. The molecule has 2 aliphatic rings. The maximum Gasteiger partial charge on any atom is 0.573 e. The number of nitrogens with two attached hydrogens (primary N) is 1. The van der Waals surface area contributed by atoms with E-state index in [2.05, 4.69) is 40.0 Å². The fourth-order valence-corrected chi connectivity index (χ4v) is 4.27. The summed E-state index contributed by atoms with van der Waals surface area (Å²) in [4.78, 5) is 11.0. The SMILES string of the molecule is CCN1C[C@@H]2C(n3cc(-c4cnc(N)c(OC(F)(F)F)c4)nc3C(C)C)[C@@H]2C1. The number of ether oxygens (including phenoxy) is 1. The van der Waals surface area contributed by atoms with E-state index in [1.165, 1.54) is 12.3 Å². The van der Waals surface area contributed by atoms with Crippen molar-refractivity contribution in [2.45, 2.75) is 39.1 Å². The summed E-state index contributed by atoms with van der Waals surface area (Å²) in [5.41, 5.74) is 6.58. The van der Waals surface area contributed by atoms with Gasteiger partial charge in [-0.2, -0.15) is 0 Å². The molecule has 1 aliphatic heterocycles. The third kappa shape index (κ3) is 3.43. The average molecular weight is 395 g/mol. The molecule has 0 bridgehead atoms. The number of anilines is 1. The molecule has 9 heteroatoms. The molecule has 3 heterocycles. The monoisotopic (exact) mass is 395 g/mol. The Hall–Kier alpha value is -2.29. The van der Waals surface area contributed by atoms with Gasteiger partial charge in [-0.15, -0.1) is 13.2 Å². The van der Waals surface area contributed by atoms with E-state index in [4.69, 9.17) is 10.7 Å². The Labute approximate surface area is 161 Å². The first-order valence-electron chi connectivity index (χ1n) is 9.50. The molecule has 0 aromatic carbocycles. The van der Waals surface area contributed by atoms with Gasteiger partial charge in [-0.3, -0.25) is 0 Å². The summed E-state index contributed by atoms with van der Waals surface area (Å²) in [7, 11) is 0. The lowest BCUT2D eigenvalue weighted by Crippen LogP contribution is -2.25. The van der Waals surface area contributed by atoms with Crippen molar-refractivity contribution in [1.29, 1.82) is 0 Å². The number of rotatable bonds is 5. The first-order chi connectivity index (χ1) is 13.2. The second kappa shape index (κ2) is 6.65. The number of pyridine rings is 1. The van der Waals surface area contributed by atoms with Crippen LogP contribution >= 0.6 is 0 Å². The molecular weight excluding hydrogens is 371 g/mol. The van der Waals surface area contributed by atoms with Gasteiger partial charge in [0.2, 0.25) is 0 Å². The van der Waals surface area contributed by atoms with Gasteiger partial charge >= 0.3 is 6.36 Å². The molecule has 1 unspecified atom stereocenters. The second-order valence-corrected chi connectivity index (χ2v) is 7.87. The van der Waals surface area contributed by atoms with Gasteiger partial charge in [0.15, 0.2) is 11.6 Å². The Bertz CT molecular complexity index is 867. The van der Waals surface area contributed by atoms with E-state index >= 15 is 0 Å². The zero-order valence-electron chi connectivity index (χ0n) is 16.1. The van der Waals surface area contributed by atoms with Crippen LogP contribution in [-0.4, -0.2) is 45.4 Å². The predicted octanol–water partition coefficient (Wildman–Crippen LogP) is 3.67. The minimum Gasteiger partial charge on any atom is -0.402 e. The van der Waals surface area contributed by atoms with Crippen LogP contribution in [0.3, 0.4) is 0 Å². The molecule has 152 valence electrons. The highest BCUT2D eigenvalue weighted by Gasteiger charge is 2.57. The number of aromatic nitrogens is 3. The summed E-state index contributed by atoms with van der Waals surface area (Å²) >= 11 is 0. The van der Waals surface area contributed by atoms with Crippen LogP contribution in [0.25, 0.3) is 11.3 Å². The number of piperidine rings is 1. The number of imidazole rings is 1. The maximum atomic E-state index is 12.6. The number of hydrogen-bond donors (Lipinski definition) is 1. The van der Waals surface area contributed by atoms with Crippen molar-refractivity contribution in [3.8, 4) is 17.0 Å². The third-order valence-electron chi connectivity index (χ3n) is 5.67. The molecule has 2 aromatic rings. The standard InChI is InChI=1S/C19H24F3N5O/c1-4-26-7-12-13(8-26)16(12)27-9-14(25-18(27)10(2)3)11-5-15(17(23)24-6-11)28-19(20,21)22/h5-6,9-10,12-13,16H,4,7-8H2,1-3H3,(H2,23,24)/t12-,13+,16?. The topological polar surface area (TPSA) is 69.2 Å². The van der Waals surface area contributed by atoms with Gasteiger partial charge in [-0.1, -0.05) is 20.8 Å². The molecule has 1 saturated heterocycles. The van der Waals surface area contributed by atoms with Crippen molar-refractivity contribution in [1.82, 2.24) is 19.4 Å². The van der Waals surface area contributed by atoms with Gasteiger partial charge in [0.25, 0.3) is 0 Å². The largest absolute Gasteiger partial charge is 0.573 e. The zero-order valence-corrected chi connectivity index (χ0v) is 16.1. The van der Waals surface area contributed by atoms with Crippen LogP contribution in [0.5, 0.6) is 5.75 Å². The molecule has 0 amide bonds. The lowest BCUT2D eigenvalue weighted by Gasteiger charge is -2.19. The van der Waals surface area contributed by atoms with Gasteiger partial charge in [-0.25, -0.2) is 9.97 Å². The van der Waals surface area contributed by atoms with Crippen LogP contribution in [0, 0.1) is 11.8 Å². The third-order valence-corrected chi connectivity index (χ3v) is 5.67. The molecule has 1 saturated carbocycles. The van der Waals surface area contributed by atoms with Crippen LogP contribution in [-0.2, 0) is 0 Å². The molecule has 1 aliphatic carbocycles. The van der Waals surface area contributed by atoms with Crippen molar-refractivity contribution in [3.05, 3.63) is 24.3 Å². The Kier molecular flexibility index (Phi) is 4.52. The Morgan fingerprint density at radius 1 is 1.29 bits per heavy atom. The van der Waals surface area contributed by atoms with E-state index in [1.807, 2.05) is 6.20 Å². The fourth-order valence-electron chi connectivity index (χ4n) is 4.27. The number of nitrogens with zero attached hydrogens (tertiary/aromatic N) is 4. The molecule has 2 aromatic heterocycles. The summed E-state index contributed by atoms with van der Waals surface area (Å²) in [6.45, 7) is 9.54. The number of hydrogen-bond acceptors (Lipinski definition) is 5. The van der Waals surface area contributed by atoms with E-state index in [1.54, 1.807) is 0 Å². The van der Waals surface area contributed by atoms with Crippen LogP contribution in [0.4, 0.5) is 19.0 Å². The molecule has 2 fully saturated rings. The summed E-state index contributed by atoms with van der Waals surface area (Å²) in [5.74, 6) is 1.56. The quantitative estimate of drug-likeness (QED) is 0.837. The molecule has 3 atom stereocenters. The van der Waals surface area contributed by atoms with Gasteiger partial charge in [0, 0.05) is 43.0 Å². The van der Waals surface area contributed by atoms with E-state index in [0.717, 1.165) is 25.5 Å². The Balaban J connectivity index is 1.64. The van der Waals surface area contributed by atoms with Gasteiger partial charge < -0.3 is 19.9 Å². The number of alkyl halides is 3. The van der Waals surface area contributed by atoms with Crippen molar-refractivity contribution in [2.75, 3.05) is 25.4 Å². The number of nitrogen functional groups attached to an aromatic ring is 1. The Morgan fingerprint density at radius 2 is 1.96 bits per heavy atom. The molecular formula is C19H24F3N5O. The first kappa shape index (κ1) is 19.0. The lowest BCUT2D eigenvalue weighted by atomic mass is 10.2. The highest BCUT2D eigenvalue weighted by atomic mass is 19.4. The molecule has 6 nitrogen and oxygen atoms in total. The second-order valence-electron chi connectivity index (χ2n) is 7.87. The fraction of sp³-hybridized carbons (Fsp3) is 0.579. The summed E-state index contributed by atoms with van der Waals surface area (Å²) < 4.78 is 44.0. The van der Waals surface area contributed by atoms with Crippen LogP contribution in [0.1, 0.15) is 38.6 Å². The van der Waals surface area contributed by atoms with E-state index in [9.17, 15) is 13.2 Å². The van der Waals surface area contributed by atoms with Crippen molar-refractivity contribution in [3.63, 3.8) is 0 Å². The van der Waals surface area contributed by atoms with Crippen LogP contribution in [0.2, 0.25) is 0 Å². The average Bonchev–Trinajstić information content (AvgIpc) is 3.00. The van der Waals surface area contributed by atoms with Gasteiger partial charge in [0.1, 0.15) is 5.82 Å². The zero-order chi connectivity index (χ0) is 20.2. The summed E-state index contributed by atoms with van der Waals surface area (Å²) in [6, 6.07) is 1.66. The maximum absolute atomic E-state index is 12.6. The number of fused-ring (bicyclic) bond motifs is 1. The molecule has 28 heavy (non-hydrogen) atoms. The van der Waals surface area contributed by atoms with Crippen molar-refractivity contribution >= 4 is 5.82 Å². The molecule has 2 N–H and O–H groups in total. The summed E-state index contributed by atoms with van der Waals surface area (Å²) in [6.07, 6.45) is -1.46. The summed E-state index contributed by atoms with van der Waals surface area (Å²) in [5, 5.41) is 0. The predicted molar refractivity (Wildman–Crippen MR) is 98.8 cm³/mol. The molecule has 4 rings (SSSR count). The minimum absolute atomic E-state index is 0.199. The van der Waals surface area contributed by atoms with Crippen molar-refractivity contribution in [2.24, 2.45) is 11.8 Å². The van der Waals surface area contributed by atoms with E-state index in [0.29, 0.717) is 29.1 Å². The highest BCUT2D eigenvalue weighted by Crippen LogP contribution is 2.56. The van der Waals surface area contributed by atoms with Gasteiger partial charge in [-0.05, 0) is 24.4 Å². The van der Waals surface area contributed by atoms with Crippen LogP contribution < -0.4 is 10.5 Å². The normalized spacial score (nSPS) is 24.6. The van der Waals surface area contributed by atoms with E-state index in [-0.39, 0.29) is 11.7 Å². The number of likely N-dealkylation sites (tertiary alicyclic amines) is 1. The minimum atomic E-state index is -4.83. The van der Waals surface area contributed by atoms with Crippen LogP contribution in [0.15, 0.2) is 18.5 Å². The van der Waals surface area contributed by atoms with Gasteiger partial charge in [0.05, 0.1) is 5.69 Å². The molecule has 0 radical (unpaired) electrons. The highest BCUT2D eigenvalue weighted by molar-refractivity contribution is 5.64. The lowest BCUT2D eigenvalue weighted by molar-refractivity contribution is -0.274. The van der Waals surface area contributed by atoms with Crippen molar-refractivity contribution < 1.29 is 17.9 Å². The van der Waals surface area contributed by atoms with E-state index < -0.39 is 12.1 Å². The smallest absolute Gasteiger partial charge is 0.402 e. The first-order valence-corrected chi connectivity index (χ1v) is 9.50. The number of halogens is 3. The Morgan fingerprint density at radius 3 is 2.54 bits per heavy atom.